The van der Waals surface area contributed by atoms with Gasteiger partial charge in [0.15, 0.2) is 5.69 Å². The summed E-state index contributed by atoms with van der Waals surface area (Å²) in [5, 5.41) is 12.5. The lowest BCUT2D eigenvalue weighted by atomic mass is 10.0. The maximum atomic E-state index is 12.9. The first-order valence-electron chi connectivity index (χ1n) is 10.2. The zero-order chi connectivity index (χ0) is 21.2. The van der Waals surface area contributed by atoms with Crippen LogP contribution in [0.4, 0.5) is 0 Å². The molecule has 4 aromatic rings. The van der Waals surface area contributed by atoms with Crippen LogP contribution in [0.3, 0.4) is 0 Å². The number of carbonyl (C=O) groups excluding carboxylic acids is 2. The summed E-state index contributed by atoms with van der Waals surface area (Å²) in [7, 11) is 0. The summed E-state index contributed by atoms with van der Waals surface area (Å²) in [5.74, 6) is -0.115. The number of carbonyl (C=O) groups is 2. The monoisotopic (exact) mass is 431 g/mol. The van der Waals surface area contributed by atoms with Crippen LogP contribution in [0.2, 0.25) is 0 Å². The lowest BCUT2D eigenvalue weighted by molar-refractivity contribution is 0.0535. The molecule has 156 valence electrons. The van der Waals surface area contributed by atoms with Crippen molar-refractivity contribution in [2.45, 2.75) is 6.54 Å². The molecule has 0 unspecified atom stereocenters. The maximum absolute atomic E-state index is 12.9. The van der Waals surface area contributed by atoms with Gasteiger partial charge in [0.1, 0.15) is 0 Å². The summed E-state index contributed by atoms with van der Waals surface area (Å²) < 4.78 is 1.70. The minimum atomic E-state index is -0.146. The quantitative estimate of drug-likeness (QED) is 0.498. The van der Waals surface area contributed by atoms with E-state index in [-0.39, 0.29) is 11.8 Å². The average Bonchev–Trinajstić information content (AvgIpc) is 3.51. The number of hydrogen-bond donors (Lipinski definition) is 0. The Labute approximate surface area is 183 Å². The Kier molecular flexibility index (Phi) is 5.21. The molecule has 3 heterocycles. The van der Waals surface area contributed by atoms with E-state index in [1.165, 1.54) is 22.1 Å². The highest BCUT2D eigenvalue weighted by Crippen LogP contribution is 2.19. The van der Waals surface area contributed by atoms with Gasteiger partial charge in [-0.1, -0.05) is 53.7 Å². The number of fused-ring (bicyclic) bond motifs is 1. The zero-order valence-electron chi connectivity index (χ0n) is 16.8. The lowest BCUT2D eigenvalue weighted by Crippen LogP contribution is -2.50. The number of nitrogens with zero attached hydrogens (tertiary/aromatic N) is 5. The van der Waals surface area contributed by atoms with Crippen LogP contribution in [0, 0.1) is 0 Å². The summed E-state index contributed by atoms with van der Waals surface area (Å²) in [6, 6.07) is 18.1. The Morgan fingerprint density at radius 3 is 2.39 bits per heavy atom. The first-order valence-corrected chi connectivity index (χ1v) is 11.1. The van der Waals surface area contributed by atoms with Gasteiger partial charge in [-0.05, 0) is 27.8 Å². The molecule has 5 rings (SSSR count). The Morgan fingerprint density at radius 2 is 1.61 bits per heavy atom. The standard InChI is InChI=1S/C23H21N5O2S/c29-22(26-10-12-27(13-11-26)23(30)21-9-4-14-31-21)20-16-28(25-24-20)15-18-7-3-6-17-5-1-2-8-19(17)18/h1-9,14,16H,10-13,15H2. The van der Waals surface area contributed by atoms with Crippen LogP contribution in [0.1, 0.15) is 25.7 Å². The van der Waals surface area contributed by atoms with Gasteiger partial charge in [0.05, 0.1) is 17.6 Å². The van der Waals surface area contributed by atoms with Crippen molar-refractivity contribution >= 4 is 33.9 Å². The minimum absolute atomic E-state index is 0.0307. The number of piperazine rings is 1. The van der Waals surface area contributed by atoms with Gasteiger partial charge in [-0.15, -0.1) is 16.4 Å². The Morgan fingerprint density at radius 1 is 0.871 bits per heavy atom. The van der Waals surface area contributed by atoms with Crippen molar-refractivity contribution < 1.29 is 9.59 Å². The van der Waals surface area contributed by atoms with Gasteiger partial charge in [-0.3, -0.25) is 9.59 Å². The Bertz CT molecular complexity index is 1220. The predicted octanol–water partition coefficient (Wildman–Crippen LogP) is 3.14. The molecule has 0 spiro atoms. The molecule has 1 aliphatic heterocycles. The molecule has 7 nitrogen and oxygen atoms in total. The van der Waals surface area contributed by atoms with Gasteiger partial charge in [-0.25, -0.2) is 4.68 Å². The second-order valence-corrected chi connectivity index (χ2v) is 8.45. The number of benzene rings is 2. The molecular weight excluding hydrogens is 410 g/mol. The van der Waals surface area contributed by atoms with Crippen molar-refractivity contribution in [3.05, 3.63) is 82.3 Å². The second-order valence-electron chi connectivity index (χ2n) is 7.50. The molecule has 0 aliphatic carbocycles. The summed E-state index contributed by atoms with van der Waals surface area (Å²) in [4.78, 5) is 29.6. The highest BCUT2D eigenvalue weighted by molar-refractivity contribution is 7.12. The fourth-order valence-corrected chi connectivity index (χ4v) is 4.60. The summed E-state index contributed by atoms with van der Waals surface area (Å²) in [6.07, 6.45) is 1.70. The third kappa shape index (κ3) is 3.94. The highest BCUT2D eigenvalue weighted by atomic mass is 32.1. The SMILES string of the molecule is O=C(c1cn(Cc2cccc3ccccc23)nn1)N1CCN(C(=O)c2cccs2)CC1. The van der Waals surface area contributed by atoms with E-state index in [2.05, 4.69) is 34.6 Å². The van der Waals surface area contributed by atoms with Gasteiger partial charge in [0.25, 0.3) is 11.8 Å². The fraction of sp³-hybridized carbons (Fsp3) is 0.217. The number of amides is 2. The molecule has 0 bridgehead atoms. The van der Waals surface area contributed by atoms with E-state index >= 15 is 0 Å². The van der Waals surface area contributed by atoms with Crippen LogP contribution < -0.4 is 0 Å². The largest absolute Gasteiger partial charge is 0.334 e. The Balaban J connectivity index is 1.24. The molecule has 1 aliphatic rings. The molecule has 8 heteroatoms. The third-order valence-corrected chi connectivity index (χ3v) is 6.41. The zero-order valence-corrected chi connectivity index (χ0v) is 17.7. The molecule has 0 N–H and O–H groups in total. The van der Waals surface area contributed by atoms with E-state index in [1.54, 1.807) is 20.7 Å². The van der Waals surface area contributed by atoms with Crippen molar-refractivity contribution in [1.29, 1.82) is 0 Å². The molecular formula is C23H21N5O2S. The fourth-order valence-electron chi connectivity index (χ4n) is 3.91. The minimum Gasteiger partial charge on any atom is -0.334 e. The average molecular weight is 432 g/mol. The van der Waals surface area contributed by atoms with Gasteiger partial charge in [0, 0.05) is 26.2 Å². The molecule has 0 atom stereocenters. The molecule has 1 fully saturated rings. The van der Waals surface area contributed by atoms with Crippen LogP contribution in [0.5, 0.6) is 0 Å². The van der Waals surface area contributed by atoms with Crippen molar-refractivity contribution in [1.82, 2.24) is 24.8 Å². The van der Waals surface area contributed by atoms with Crippen molar-refractivity contribution in [3.63, 3.8) is 0 Å². The molecule has 1 saturated heterocycles. The van der Waals surface area contributed by atoms with Crippen LogP contribution >= 0.6 is 11.3 Å². The Hall–Kier alpha value is -3.52. The number of thiophene rings is 1. The van der Waals surface area contributed by atoms with Crippen LogP contribution in [0.15, 0.2) is 66.2 Å². The first kappa shape index (κ1) is 19.4. The van der Waals surface area contributed by atoms with E-state index in [0.717, 1.165) is 10.4 Å². The predicted molar refractivity (Wildman–Crippen MR) is 119 cm³/mol. The molecule has 2 aromatic heterocycles. The smallest absolute Gasteiger partial charge is 0.276 e. The lowest BCUT2D eigenvalue weighted by Gasteiger charge is -2.34. The van der Waals surface area contributed by atoms with Gasteiger partial charge in [-0.2, -0.15) is 0 Å². The summed E-state index contributed by atoms with van der Waals surface area (Å²) in [6.45, 7) is 2.57. The van der Waals surface area contributed by atoms with E-state index < -0.39 is 0 Å². The molecule has 0 radical (unpaired) electrons. The summed E-state index contributed by atoms with van der Waals surface area (Å²) >= 11 is 1.44. The summed E-state index contributed by atoms with van der Waals surface area (Å²) in [5.41, 5.74) is 1.46. The first-order chi connectivity index (χ1) is 15.2. The molecule has 2 aromatic carbocycles. The van der Waals surface area contributed by atoms with Crippen molar-refractivity contribution in [2.24, 2.45) is 0 Å². The van der Waals surface area contributed by atoms with E-state index in [1.807, 2.05) is 35.7 Å². The second kappa shape index (κ2) is 8.31. The topological polar surface area (TPSA) is 71.3 Å². The van der Waals surface area contributed by atoms with E-state index in [0.29, 0.717) is 38.4 Å². The molecule has 31 heavy (non-hydrogen) atoms. The number of aromatic nitrogens is 3. The van der Waals surface area contributed by atoms with Crippen molar-refractivity contribution in [2.75, 3.05) is 26.2 Å². The van der Waals surface area contributed by atoms with Gasteiger partial charge < -0.3 is 9.80 Å². The third-order valence-electron chi connectivity index (χ3n) is 5.56. The van der Waals surface area contributed by atoms with Gasteiger partial charge >= 0.3 is 0 Å². The number of rotatable bonds is 4. The van der Waals surface area contributed by atoms with Crippen molar-refractivity contribution in [3.8, 4) is 0 Å². The highest BCUT2D eigenvalue weighted by Gasteiger charge is 2.27. The maximum Gasteiger partial charge on any atom is 0.276 e. The van der Waals surface area contributed by atoms with E-state index in [4.69, 9.17) is 0 Å². The normalized spacial score (nSPS) is 14.2. The van der Waals surface area contributed by atoms with Crippen LogP contribution in [-0.2, 0) is 6.54 Å². The number of hydrogen-bond acceptors (Lipinski definition) is 5. The van der Waals surface area contributed by atoms with Crippen LogP contribution in [-0.4, -0.2) is 62.8 Å². The molecule has 2 amide bonds. The van der Waals surface area contributed by atoms with Gasteiger partial charge in [0.2, 0.25) is 0 Å². The van der Waals surface area contributed by atoms with E-state index in [9.17, 15) is 9.59 Å². The molecule has 0 saturated carbocycles. The van der Waals surface area contributed by atoms with Crippen LogP contribution in [0.25, 0.3) is 10.8 Å².